The number of nitrogens with two attached hydrogens (primary N) is 2. The zero-order chi connectivity index (χ0) is 22.4. The minimum absolute atomic E-state index is 0.0859. The molecule has 29 heavy (non-hydrogen) atoms. The second kappa shape index (κ2) is 10.4. The van der Waals surface area contributed by atoms with Gasteiger partial charge in [-0.15, -0.1) is 0 Å². The van der Waals surface area contributed by atoms with Crippen LogP contribution in [0.3, 0.4) is 0 Å². The highest BCUT2D eigenvalue weighted by Crippen LogP contribution is 2.23. The number of carbonyl (C=O) groups excluding carboxylic acids is 3. The van der Waals surface area contributed by atoms with Crippen LogP contribution in [-0.2, 0) is 14.4 Å². The van der Waals surface area contributed by atoms with Crippen LogP contribution < -0.4 is 27.4 Å². The average Bonchev–Trinajstić information content (AvgIpc) is 2.57. The first-order valence-electron chi connectivity index (χ1n) is 10.6. The summed E-state index contributed by atoms with van der Waals surface area (Å²) in [6, 6.07) is -1.52. The van der Waals surface area contributed by atoms with Crippen LogP contribution in [0.5, 0.6) is 0 Å². The van der Waals surface area contributed by atoms with E-state index in [0.717, 1.165) is 6.42 Å². The molecule has 168 valence electrons. The Hall–Kier alpha value is -1.67. The van der Waals surface area contributed by atoms with Crippen molar-refractivity contribution in [3.8, 4) is 0 Å². The molecule has 0 aliphatic carbocycles. The summed E-state index contributed by atoms with van der Waals surface area (Å²) in [6.45, 7) is 13.4. The zero-order valence-electron chi connectivity index (χ0n) is 18.9. The van der Waals surface area contributed by atoms with Crippen LogP contribution in [0.4, 0.5) is 0 Å². The van der Waals surface area contributed by atoms with Gasteiger partial charge in [-0.25, -0.2) is 0 Å². The van der Waals surface area contributed by atoms with Gasteiger partial charge in [-0.1, -0.05) is 41.5 Å². The van der Waals surface area contributed by atoms with Crippen LogP contribution >= 0.6 is 0 Å². The molecule has 1 heterocycles. The summed E-state index contributed by atoms with van der Waals surface area (Å²) in [5.74, 6) is -1.32. The van der Waals surface area contributed by atoms with Crippen LogP contribution in [0, 0.1) is 16.7 Å². The van der Waals surface area contributed by atoms with E-state index in [1.54, 1.807) is 0 Å². The molecule has 7 N–H and O–H groups in total. The number of primary amides is 1. The number of piperidine rings is 1. The van der Waals surface area contributed by atoms with E-state index in [1.165, 1.54) is 0 Å². The maximum Gasteiger partial charge on any atom is 0.240 e. The highest BCUT2D eigenvalue weighted by molar-refractivity contribution is 5.89. The van der Waals surface area contributed by atoms with Gasteiger partial charge in [0.2, 0.25) is 17.7 Å². The van der Waals surface area contributed by atoms with Gasteiger partial charge in [-0.05, 0) is 36.5 Å². The molecule has 3 unspecified atom stereocenters. The standard InChI is InChI=1S/C21H41N5O3/c1-20(2,3)11-15(25-12-16(22)21(4,5)6)19(29)26-14(17(23)27)10-13-8-7-9-24-18(13)28/h13-16,25H,7-12,22H2,1-6H3,(H2,23,27)(H,24,28)(H,26,29)/t13-,14?,15?,16?/m0/s1. The van der Waals surface area contributed by atoms with Gasteiger partial charge < -0.3 is 27.4 Å². The predicted octanol–water partition coefficient (Wildman–Crippen LogP) is 0.641. The summed E-state index contributed by atoms with van der Waals surface area (Å²) in [6.07, 6.45) is 2.34. The van der Waals surface area contributed by atoms with Crippen molar-refractivity contribution in [2.24, 2.45) is 28.2 Å². The highest BCUT2D eigenvalue weighted by Gasteiger charge is 2.32. The number of nitrogens with one attached hydrogen (secondary N) is 3. The van der Waals surface area contributed by atoms with Gasteiger partial charge in [-0.2, -0.15) is 0 Å². The van der Waals surface area contributed by atoms with Crippen LogP contribution in [0.2, 0.25) is 0 Å². The highest BCUT2D eigenvalue weighted by atomic mass is 16.2. The molecule has 3 amide bonds. The average molecular weight is 412 g/mol. The SMILES string of the molecule is CC(C)(C)CC(NCC(N)C(C)(C)C)C(=O)NC(C[C@@H]1CCCNC1=O)C(N)=O. The van der Waals surface area contributed by atoms with Gasteiger partial charge in [0, 0.05) is 25.0 Å². The fraction of sp³-hybridized carbons (Fsp3) is 0.857. The maximum atomic E-state index is 13.0. The molecule has 8 heteroatoms. The first-order valence-corrected chi connectivity index (χ1v) is 10.6. The number of amides is 3. The van der Waals surface area contributed by atoms with Crippen LogP contribution in [0.25, 0.3) is 0 Å². The zero-order valence-corrected chi connectivity index (χ0v) is 18.9. The van der Waals surface area contributed by atoms with Crippen molar-refractivity contribution in [1.82, 2.24) is 16.0 Å². The van der Waals surface area contributed by atoms with E-state index >= 15 is 0 Å². The van der Waals surface area contributed by atoms with Crippen molar-refractivity contribution < 1.29 is 14.4 Å². The fourth-order valence-electron chi connectivity index (χ4n) is 3.31. The molecule has 0 aromatic rings. The van der Waals surface area contributed by atoms with Crippen LogP contribution in [-0.4, -0.2) is 48.9 Å². The Morgan fingerprint density at radius 2 is 1.79 bits per heavy atom. The third-order valence-corrected chi connectivity index (χ3v) is 5.41. The molecule has 1 aliphatic rings. The quantitative estimate of drug-likeness (QED) is 0.379. The Balaban J connectivity index is 2.83. The van der Waals surface area contributed by atoms with Gasteiger partial charge in [0.25, 0.3) is 0 Å². The lowest BCUT2D eigenvalue weighted by Gasteiger charge is -2.32. The second-order valence-corrected chi connectivity index (χ2v) is 10.5. The van der Waals surface area contributed by atoms with Gasteiger partial charge >= 0.3 is 0 Å². The Kier molecular flexibility index (Phi) is 9.09. The molecule has 0 spiro atoms. The van der Waals surface area contributed by atoms with Crippen molar-refractivity contribution in [3.63, 3.8) is 0 Å². The lowest BCUT2D eigenvalue weighted by Crippen LogP contribution is -2.56. The topological polar surface area (TPSA) is 139 Å². The van der Waals surface area contributed by atoms with E-state index in [0.29, 0.717) is 25.9 Å². The molecule has 1 fully saturated rings. The van der Waals surface area contributed by atoms with Crippen LogP contribution in [0.15, 0.2) is 0 Å². The molecule has 0 saturated carbocycles. The molecular weight excluding hydrogens is 370 g/mol. The molecule has 0 aromatic heterocycles. The lowest BCUT2D eigenvalue weighted by atomic mass is 9.85. The van der Waals surface area contributed by atoms with Crippen LogP contribution in [0.1, 0.15) is 67.2 Å². The van der Waals surface area contributed by atoms with E-state index in [1.807, 2.05) is 0 Å². The van der Waals surface area contributed by atoms with Gasteiger partial charge in [0.05, 0.1) is 6.04 Å². The lowest BCUT2D eigenvalue weighted by molar-refractivity contribution is -0.131. The van der Waals surface area contributed by atoms with Crippen molar-refractivity contribution >= 4 is 17.7 Å². The predicted molar refractivity (Wildman–Crippen MR) is 115 cm³/mol. The molecule has 1 rings (SSSR count). The third-order valence-electron chi connectivity index (χ3n) is 5.41. The Morgan fingerprint density at radius 1 is 1.17 bits per heavy atom. The Labute approximate surface area is 175 Å². The number of hydrogen-bond acceptors (Lipinski definition) is 5. The van der Waals surface area contributed by atoms with E-state index < -0.39 is 18.0 Å². The third kappa shape index (κ3) is 9.12. The van der Waals surface area contributed by atoms with Gasteiger partial charge in [-0.3, -0.25) is 14.4 Å². The first-order chi connectivity index (χ1) is 13.2. The molecule has 4 atom stereocenters. The van der Waals surface area contributed by atoms with E-state index in [2.05, 4.69) is 57.5 Å². The minimum atomic E-state index is -0.878. The molecule has 0 aromatic carbocycles. The Morgan fingerprint density at radius 3 is 2.28 bits per heavy atom. The smallest absolute Gasteiger partial charge is 0.240 e. The summed E-state index contributed by atoms with van der Waals surface area (Å²) in [4.78, 5) is 37.0. The number of hydrogen-bond donors (Lipinski definition) is 5. The molecular formula is C21H41N5O3. The molecule has 1 saturated heterocycles. The summed E-state index contributed by atoms with van der Waals surface area (Å²) in [7, 11) is 0. The molecule has 0 radical (unpaired) electrons. The minimum Gasteiger partial charge on any atom is -0.368 e. The summed E-state index contributed by atoms with van der Waals surface area (Å²) < 4.78 is 0. The number of rotatable bonds is 9. The van der Waals surface area contributed by atoms with E-state index in [4.69, 9.17) is 11.5 Å². The van der Waals surface area contributed by atoms with Gasteiger partial charge in [0.15, 0.2) is 0 Å². The van der Waals surface area contributed by atoms with E-state index in [-0.39, 0.29) is 41.0 Å². The normalized spacial score (nSPS) is 21.1. The molecule has 1 aliphatic heterocycles. The van der Waals surface area contributed by atoms with Crippen molar-refractivity contribution in [2.75, 3.05) is 13.1 Å². The first kappa shape index (κ1) is 25.4. The summed E-state index contributed by atoms with van der Waals surface area (Å²) in [5, 5.41) is 8.84. The fourth-order valence-corrected chi connectivity index (χ4v) is 3.31. The monoisotopic (exact) mass is 411 g/mol. The maximum absolute atomic E-state index is 13.0. The van der Waals surface area contributed by atoms with Gasteiger partial charge in [0.1, 0.15) is 6.04 Å². The largest absolute Gasteiger partial charge is 0.368 e. The second-order valence-electron chi connectivity index (χ2n) is 10.5. The Bertz CT molecular complexity index is 580. The summed E-state index contributed by atoms with van der Waals surface area (Å²) in [5.41, 5.74) is 11.6. The molecule has 0 bridgehead atoms. The van der Waals surface area contributed by atoms with Crippen molar-refractivity contribution in [3.05, 3.63) is 0 Å². The summed E-state index contributed by atoms with van der Waals surface area (Å²) >= 11 is 0. The molecule has 8 nitrogen and oxygen atoms in total. The van der Waals surface area contributed by atoms with Crippen molar-refractivity contribution in [2.45, 2.75) is 85.4 Å². The van der Waals surface area contributed by atoms with Crippen molar-refractivity contribution in [1.29, 1.82) is 0 Å². The van der Waals surface area contributed by atoms with E-state index in [9.17, 15) is 14.4 Å². The number of carbonyl (C=O) groups is 3.